The topological polar surface area (TPSA) is 63.6 Å². The molecule has 0 aliphatic carbocycles. The Morgan fingerprint density at radius 1 is 1.07 bits per heavy atom. The minimum Gasteiger partial charge on any atom is -1.00 e. The molecule has 0 amide bonds. The summed E-state index contributed by atoms with van der Waals surface area (Å²) in [6.45, 7) is 2.26. The Labute approximate surface area is 117 Å². The summed E-state index contributed by atoms with van der Waals surface area (Å²) in [5, 5.41) is 0. The van der Waals surface area contributed by atoms with Crippen LogP contribution in [-0.2, 0) is 14.6 Å². The molecule has 0 aromatic heterocycles. The Morgan fingerprint density at radius 2 is 1.53 bits per heavy atom. The Hall–Kier alpha value is 0.870. The van der Waals surface area contributed by atoms with Gasteiger partial charge in [0.25, 0.3) is 0 Å². The molecule has 0 saturated heterocycles. The van der Waals surface area contributed by atoms with E-state index in [9.17, 15) is 8.42 Å². The van der Waals surface area contributed by atoms with E-state index in [4.69, 9.17) is 4.55 Å². The Balaban J connectivity index is -0.000000845. The molecular formula is C9H21NaO4S. The molecule has 0 radical (unpaired) electrons. The van der Waals surface area contributed by atoms with Gasteiger partial charge in [-0.3, -0.25) is 4.55 Å². The van der Waals surface area contributed by atoms with Gasteiger partial charge in [0.05, 0.1) is 6.61 Å². The van der Waals surface area contributed by atoms with Crippen molar-refractivity contribution < 1.29 is 48.1 Å². The van der Waals surface area contributed by atoms with Crippen molar-refractivity contribution in [3.63, 3.8) is 0 Å². The Kier molecular flexibility index (Phi) is 13.8. The van der Waals surface area contributed by atoms with Crippen molar-refractivity contribution in [2.75, 3.05) is 6.61 Å². The second-order valence-corrected chi connectivity index (χ2v) is 4.46. The van der Waals surface area contributed by atoms with Gasteiger partial charge in [0.2, 0.25) is 0 Å². The summed E-state index contributed by atoms with van der Waals surface area (Å²) < 4.78 is 32.7. The van der Waals surface area contributed by atoms with Crippen LogP contribution in [0.3, 0.4) is 0 Å². The van der Waals surface area contributed by atoms with Crippen molar-refractivity contribution in [1.29, 1.82) is 0 Å². The van der Waals surface area contributed by atoms with Crippen molar-refractivity contribution in [3.05, 3.63) is 0 Å². The molecule has 0 saturated carbocycles. The third-order valence-corrected chi connectivity index (χ3v) is 2.44. The van der Waals surface area contributed by atoms with Gasteiger partial charge in [-0.05, 0) is 6.42 Å². The Bertz CT molecular complexity index is 222. The van der Waals surface area contributed by atoms with E-state index in [1.807, 2.05) is 0 Å². The maximum Gasteiger partial charge on any atom is 1.00 e. The number of unbranched alkanes of at least 4 members (excludes halogenated alkanes) is 6. The molecule has 0 aromatic carbocycles. The van der Waals surface area contributed by atoms with Crippen molar-refractivity contribution >= 4 is 10.4 Å². The van der Waals surface area contributed by atoms with Crippen molar-refractivity contribution in [2.24, 2.45) is 0 Å². The van der Waals surface area contributed by atoms with Crippen LogP contribution in [0.4, 0.5) is 0 Å². The minimum atomic E-state index is -4.23. The molecule has 88 valence electrons. The van der Waals surface area contributed by atoms with E-state index in [-0.39, 0.29) is 37.6 Å². The molecular weight excluding hydrogens is 227 g/mol. The number of hydrogen-bond acceptors (Lipinski definition) is 3. The van der Waals surface area contributed by atoms with Gasteiger partial charge < -0.3 is 1.43 Å². The fourth-order valence-electron chi connectivity index (χ4n) is 1.22. The van der Waals surface area contributed by atoms with Crippen LogP contribution in [0.5, 0.6) is 0 Å². The second-order valence-electron chi connectivity index (χ2n) is 3.37. The maximum absolute atomic E-state index is 10.1. The molecule has 0 rings (SSSR count). The van der Waals surface area contributed by atoms with E-state index < -0.39 is 10.4 Å². The van der Waals surface area contributed by atoms with Crippen LogP contribution < -0.4 is 29.6 Å². The van der Waals surface area contributed by atoms with E-state index in [1.54, 1.807) is 0 Å². The summed E-state index contributed by atoms with van der Waals surface area (Å²) in [6, 6.07) is 0. The molecule has 0 aromatic rings. The van der Waals surface area contributed by atoms with Crippen molar-refractivity contribution in [3.8, 4) is 0 Å². The molecule has 0 aliphatic heterocycles. The molecule has 0 aliphatic rings. The zero-order valence-corrected chi connectivity index (χ0v) is 12.6. The molecule has 0 atom stereocenters. The van der Waals surface area contributed by atoms with Gasteiger partial charge in [-0.2, -0.15) is 8.42 Å². The van der Waals surface area contributed by atoms with E-state index in [0.717, 1.165) is 12.8 Å². The average Bonchev–Trinajstić information content (AvgIpc) is 2.08. The van der Waals surface area contributed by atoms with Crippen LogP contribution in [0.25, 0.3) is 0 Å². The molecule has 0 fully saturated rings. The Morgan fingerprint density at radius 3 is 2.00 bits per heavy atom. The molecule has 4 nitrogen and oxygen atoms in total. The first-order chi connectivity index (χ1) is 6.56. The molecule has 15 heavy (non-hydrogen) atoms. The normalized spacial score (nSPS) is 11.1. The van der Waals surface area contributed by atoms with Gasteiger partial charge >= 0.3 is 40.0 Å². The first kappa shape index (κ1) is 18.2. The number of hydrogen-bond donors (Lipinski definition) is 1. The average molecular weight is 248 g/mol. The third kappa shape index (κ3) is 17.5. The van der Waals surface area contributed by atoms with E-state index in [0.29, 0.717) is 6.42 Å². The molecule has 0 unspecified atom stereocenters. The molecule has 0 spiro atoms. The van der Waals surface area contributed by atoms with E-state index in [1.165, 1.54) is 25.7 Å². The first-order valence-electron chi connectivity index (χ1n) is 5.18. The molecule has 0 bridgehead atoms. The van der Waals surface area contributed by atoms with Gasteiger partial charge in [-0.15, -0.1) is 0 Å². The van der Waals surface area contributed by atoms with Crippen LogP contribution in [0.2, 0.25) is 0 Å². The van der Waals surface area contributed by atoms with E-state index in [2.05, 4.69) is 11.1 Å². The standard InChI is InChI=1S/C9H20O4S.Na.H/c1-2-3-4-5-6-7-8-9-13-14(10,11)12;;/h2-9H2,1H3,(H,10,11,12);;/q;+1;-1. The fourth-order valence-corrected chi connectivity index (χ4v) is 1.55. The quantitative estimate of drug-likeness (QED) is 0.345. The van der Waals surface area contributed by atoms with E-state index >= 15 is 0 Å². The SMILES string of the molecule is CCCCCCCCCOS(=O)(=O)O.[H-].[Na+]. The van der Waals surface area contributed by atoms with Gasteiger partial charge in [-0.25, -0.2) is 4.18 Å². The maximum atomic E-state index is 10.1. The summed E-state index contributed by atoms with van der Waals surface area (Å²) in [7, 11) is -4.23. The predicted octanol–water partition coefficient (Wildman–Crippen LogP) is -0.327. The first-order valence-corrected chi connectivity index (χ1v) is 6.54. The van der Waals surface area contributed by atoms with Crippen LogP contribution in [0, 0.1) is 0 Å². The van der Waals surface area contributed by atoms with Crippen LogP contribution in [0.15, 0.2) is 0 Å². The van der Waals surface area contributed by atoms with Gasteiger partial charge in [0, 0.05) is 0 Å². The largest absolute Gasteiger partial charge is 1.00 e. The predicted molar refractivity (Wildman–Crippen MR) is 56.6 cm³/mol. The monoisotopic (exact) mass is 248 g/mol. The molecule has 6 heteroatoms. The third-order valence-electron chi connectivity index (χ3n) is 1.98. The number of rotatable bonds is 9. The zero-order valence-electron chi connectivity index (χ0n) is 10.7. The summed E-state index contributed by atoms with van der Waals surface area (Å²) in [5.41, 5.74) is 0. The minimum absolute atomic E-state index is 0. The smallest absolute Gasteiger partial charge is 1.00 e. The van der Waals surface area contributed by atoms with Gasteiger partial charge in [-0.1, -0.05) is 45.4 Å². The summed E-state index contributed by atoms with van der Waals surface area (Å²) in [4.78, 5) is 0. The molecule has 0 heterocycles. The van der Waals surface area contributed by atoms with Gasteiger partial charge in [0.1, 0.15) is 0 Å². The van der Waals surface area contributed by atoms with Crippen LogP contribution in [0.1, 0.15) is 53.3 Å². The van der Waals surface area contributed by atoms with Crippen molar-refractivity contribution in [1.82, 2.24) is 0 Å². The summed E-state index contributed by atoms with van der Waals surface area (Å²) in [5.74, 6) is 0. The zero-order chi connectivity index (χ0) is 10.9. The van der Waals surface area contributed by atoms with Crippen LogP contribution >= 0.6 is 0 Å². The summed E-state index contributed by atoms with van der Waals surface area (Å²) in [6.07, 6.45) is 7.68. The second kappa shape index (κ2) is 11.4. The summed E-state index contributed by atoms with van der Waals surface area (Å²) >= 11 is 0. The molecule has 1 N–H and O–H groups in total. The van der Waals surface area contributed by atoms with Crippen molar-refractivity contribution in [2.45, 2.75) is 51.9 Å². The fraction of sp³-hybridized carbons (Fsp3) is 1.00. The van der Waals surface area contributed by atoms with Crippen LogP contribution in [-0.4, -0.2) is 19.6 Å². The van der Waals surface area contributed by atoms with Gasteiger partial charge in [0.15, 0.2) is 0 Å².